The van der Waals surface area contributed by atoms with Crippen molar-refractivity contribution in [2.24, 2.45) is 5.41 Å². The third-order valence-electron chi connectivity index (χ3n) is 3.48. The van der Waals surface area contributed by atoms with Crippen molar-refractivity contribution in [2.75, 3.05) is 43.9 Å². The van der Waals surface area contributed by atoms with Gasteiger partial charge >= 0.3 is 0 Å². The van der Waals surface area contributed by atoms with Crippen LogP contribution in [-0.4, -0.2) is 65.9 Å². The summed E-state index contributed by atoms with van der Waals surface area (Å²) in [5.41, 5.74) is -0.339. The van der Waals surface area contributed by atoms with Crippen LogP contribution in [0, 0.1) is 5.41 Å². The first-order chi connectivity index (χ1) is 10.8. The Bertz CT molecular complexity index is 562. The average Bonchev–Trinajstić information content (AvgIpc) is 3.00. The van der Waals surface area contributed by atoms with Crippen LogP contribution in [-0.2, 0) is 9.59 Å². The van der Waals surface area contributed by atoms with Gasteiger partial charge in [0.15, 0.2) is 4.34 Å². The second-order valence-corrected chi connectivity index (χ2v) is 8.52. The molecule has 0 radical (unpaired) electrons. The van der Waals surface area contributed by atoms with Gasteiger partial charge < -0.3 is 15.1 Å². The predicted molar refractivity (Wildman–Crippen MR) is 92.9 cm³/mol. The Labute approximate surface area is 144 Å². The molecule has 0 aromatic carbocycles. The van der Waals surface area contributed by atoms with E-state index in [4.69, 9.17) is 0 Å². The van der Waals surface area contributed by atoms with Crippen LogP contribution in [0.1, 0.15) is 20.8 Å². The van der Waals surface area contributed by atoms with E-state index in [2.05, 4.69) is 20.4 Å². The Morgan fingerprint density at radius 2 is 1.87 bits per heavy atom. The summed E-state index contributed by atoms with van der Waals surface area (Å²) in [4.78, 5) is 27.6. The number of aromatic nitrogens is 2. The number of amides is 2. The van der Waals surface area contributed by atoms with Crippen LogP contribution in [0.3, 0.4) is 0 Å². The largest absolute Gasteiger partial charge is 0.358 e. The molecule has 0 spiro atoms. The Balaban J connectivity index is 1.87. The number of carbonyl (C=O) groups excluding carboxylic acids is 2. The molecule has 0 atom stereocenters. The summed E-state index contributed by atoms with van der Waals surface area (Å²) in [6, 6.07) is 0. The van der Waals surface area contributed by atoms with Gasteiger partial charge in [-0.3, -0.25) is 9.59 Å². The summed E-state index contributed by atoms with van der Waals surface area (Å²) < 4.78 is 0.789. The van der Waals surface area contributed by atoms with Crippen LogP contribution >= 0.6 is 23.1 Å². The summed E-state index contributed by atoms with van der Waals surface area (Å²) in [5.74, 6) is 0.510. The lowest BCUT2D eigenvalue weighted by atomic mass is 9.94. The molecule has 23 heavy (non-hydrogen) atoms. The predicted octanol–water partition coefficient (Wildman–Crippen LogP) is 1.07. The highest BCUT2D eigenvalue weighted by atomic mass is 32.2. The number of rotatable bonds is 4. The Hall–Kier alpha value is -1.35. The smallest absolute Gasteiger partial charge is 0.230 e. The maximum Gasteiger partial charge on any atom is 0.230 e. The van der Waals surface area contributed by atoms with Crippen molar-refractivity contribution >= 4 is 40.0 Å². The Kier molecular flexibility index (Phi) is 5.85. The van der Waals surface area contributed by atoms with Gasteiger partial charge in [-0.25, -0.2) is 0 Å². The number of anilines is 1. The van der Waals surface area contributed by atoms with Crippen LogP contribution < -0.4 is 10.2 Å². The molecule has 9 heteroatoms. The summed E-state index contributed by atoms with van der Waals surface area (Å²) in [7, 11) is 1.62. The van der Waals surface area contributed by atoms with Gasteiger partial charge in [-0.2, -0.15) is 0 Å². The number of thioether (sulfide) groups is 1. The van der Waals surface area contributed by atoms with Crippen molar-refractivity contribution in [1.82, 2.24) is 20.4 Å². The normalized spacial score (nSPS) is 15.7. The number of nitrogens with one attached hydrogen (secondary N) is 1. The van der Waals surface area contributed by atoms with E-state index in [1.165, 1.54) is 23.1 Å². The molecule has 2 heterocycles. The first kappa shape index (κ1) is 18.0. The molecule has 1 aliphatic heterocycles. The monoisotopic (exact) mass is 357 g/mol. The molecule has 1 aromatic rings. The van der Waals surface area contributed by atoms with Gasteiger partial charge in [0.2, 0.25) is 16.9 Å². The molecule has 128 valence electrons. The molecule has 0 aliphatic carbocycles. The van der Waals surface area contributed by atoms with Crippen LogP contribution in [0.15, 0.2) is 4.34 Å². The third-order valence-corrected chi connectivity index (χ3v) is 5.60. The molecule has 2 amide bonds. The van der Waals surface area contributed by atoms with Crippen molar-refractivity contribution in [3.63, 3.8) is 0 Å². The highest BCUT2D eigenvalue weighted by Crippen LogP contribution is 2.29. The zero-order valence-corrected chi connectivity index (χ0v) is 15.6. The summed E-state index contributed by atoms with van der Waals surface area (Å²) >= 11 is 2.88. The maximum atomic E-state index is 12.3. The molecule has 7 nitrogen and oxygen atoms in total. The third kappa shape index (κ3) is 4.81. The van der Waals surface area contributed by atoms with Crippen LogP contribution in [0.2, 0.25) is 0 Å². The summed E-state index contributed by atoms with van der Waals surface area (Å²) in [6.07, 6.45) is 0. The molecular weight excluding hydrogens is 334 g/mol. The number of hydrogen-bond donors (Lipinski definition) is 1. The van der Waals surface area contributed by atoms with Gasteiger partial charge in [0.05, 0.1) is 5.75 Å². The van der Waals surface area contributed by atoms with Crippen molar-refractivity contribution < 1.29 is 9.59 Å². The van der Waals surface area contributed by atoms with E-state index in [9.17, 15) is 9.59 Å². The summed E-state index contributed by atoms with van der Waals surface area (Å²) in [5, 5.41) is 11.8. The van der Waals surface area contributed by atoms with Crippen molar-refractivity contribution in [3.8, 4) is 0 Å². The van der Waals surface area contributed by atoms with Crippen LogP contribution in [0.4, 0.5) is 5.13 Å². The van der Waals surface area contributed by atoms with Crippen molar-refractivity contribution in [1.29, 1.82) is 0 Å². The molecule has 1 fully saturated rings. The van der Waals surface area contributed by atoms with Crippen LogP contribution in [0.25, 0.3) is 0 Å². The second kappa shape index (κ2) is 7.48. The molecular formula is C14H23N5O2S2. The van der Waals surface area contributed by atoms with E-state index in [0.717, 1.165) is 22.6 Å². The molecule has 2 rings (SSSR count). The van der Waals surface area contributed by atoms with Crippen LogP contribution in [0.5, 0.6) is 0 Å². The van der Waals surface area contributed by atoms with E-state index < -0.39 is 0 Å². The molecule has 1 aromatic heterocycles. The molecule has 1 saturated heterocycles. The van der Waals surface area contributed by atoms with Gasteiger partial charge in [0.1, 0.15) is 0 Å². The Morgan fingerprint density at radius 1 is 1.22 bits per heavy atom. The number of carbonyl (C=O) groups is 2. The first-order valence-corrected chi connectivity index (χ1v) is 9.32. The fourth-order valence-electron chi connectivity index (χ4n) is 2.16. The van der Waals surface area contributed by atoms with E-state index in [1.54, 1.807) is 7.05 Å². The minimum atomic E-state index is -0.339. The quantitative estimate of drug-likeness (QED) is 0.812. The Morgan fingerprint density at radius 3 is 2.43 bits per heavy atom. The van der Waals surface area contributed by atoms with E-state index >= 15 is 0 Å². The molecule has 1 N–H and O–H groups in total. The number of piperazine rings is 1. The minimum absolute atomic E-state index is 0.0268. The zero-order valence-electron chi connectivity index (χ0n) is 14.0. The zero-order chi connectivity index (χ0) is 17.0. The first-order valence-electron chi connectivity index (χ1n) is 7.52. The molecule has 1 aliphatic rings. The fraction of sp³-hybridized carbons (Fsp3) is 0.714. The van der Waals surface area contributed by atoms with Crippen molar-refractivity contribution in [2.45, 2.75) is 25.1 Å². The minimum Gasteiger partial charge on any atom is -0.358 e. The highest BCUT2D eigenvalue weighted by molar-refractivity contribution is 8.01. The van der Waals surface area contributed by atoms with E-state index in [-0.39, 0.29) is 17.2 Å². The second-order valence-electron chi connectivity index (χ2n) is 6.34. The summed E-state index contributed by atoms with van der Waals surface area (Å²) in [6.45, 7) is 8.77. The van der Waals surface area contributed by atoms with Gasteiger partial charge in [-0.15, -0.1) is 10.2 Å². The molecule has 0 bridgehead atoms. The van der Waals surface area contributed by atoms with Gasteiger partial charge in [0, 0.05) is 38.6 Å². The average molecular weight is 358 g/mol. The standard InChI is InChI=1S/C14H23N5O2S2/c1-14(2,3)11(21)18-5-7-19(8-6-18)12-16-17-13(23-12)22-9-10(20)15-4/h5-9H2,1-4H3,(H,15,20). The van der Waals surface area contributed by atoms with Gasteiger partial charge in [0.25, 0.3) is 0 Å². The van der Waals surface area contributed by atoms with E-state index in [0.29, 0.717) is 18.8 Å². The molecule has 0 unspecified atom stereocenters. The van der Waals surface area contributed by atoms with Crippen molar-refractivity contribution in [3.05, 3.63) is 0 Å². The SMILES string of the molecule is CNC(=O)CSc1nnc(N2CCN(C(=O)C(C)(C)C)CC2)s1. The van der Waals surface area contributed by atoms with E-state index in [1.807, 2.05) is 25.7 Å². The molecule has 0 saturated carbocycles. The lowest BCUT2D eigenvalue weighted by molar-refractivity contribution is -0.139. The maximum absolute atomic E-state index is 12.3. The highest BCUT2D eigenvalue weighted by Gasteiger charge is 2.30. The lowest BCUT2D eigenvalue weighted by Gasteiger charge is -2.37. The number of hydrogen-bond acceptors (Lipinski definition) is 7. The lowest BCUT2D eigenvalue weighted by Crippen LogP contribution is -2.51. The topological polar surface area (TPSA) is 78.4 Å². The van der Waals surface area contributed by atoms with Gasteiger partial charge in [-0.05, 0) is 0 Å². The van der Waals surface area contributed by atoms with Gasteiger partial charge in [-0.1, -0.05) is 43.9 Å². The number of nitrogens with zero attached hydrogens (tertiary/aromatic N) is 4. The fourth-order valence-corrected chi connectivity index (χ4v) is 3.93.